The number of pyridine rings is 1. The first kappa shape index (κ1) is 32.2. The van der Waals surface area contributed by atoms with Gasteiger partial charge in [-0.05, 0) is 54.2 Å². The number of halogens is 5. The molecule has 46 heavy (non-hydrogen) atoms. The van der Waals surface area contributed by atoms with Gasteiger partial charge in [0.15, 0.2) is 17.3 Å². The van der Waals surface area contributed by atoms with Gasteiger partial charge in [-0.1, -0.05) is 36.4 Å². The van der Waals surface area contributed by atoms with Crippen LogP contribution in [-0.4, -0.2) is 57.2 Å². The predicted octanol–water partition coefficient (Wildman–Crippen LogP) is 7.47. The number of methoxy groups -OCH3 is 1. The SMILES string of the molecule is COC(=O)N1CCC(c2ccc(COc3c(-c4cccc(-n5ncc(OC(=O)O)c5C(F)(F)F)n4)cccc3C(F)F)cc2)CC1. The zero-order valence-electron chi connectivity index (χ0n) is 24.2. The summed E-state index contributed by atoms with van der Waals surface area (Å²) >= 11 is 0. The van der Waals surface area contributed by atoms with Gasteiger partial charge in [-0.25, -0.2) is 28.0 Å². The largest absolute Gasteiger partial charge is 0.511 e. The fraction of sp³-hybridized carbons (Fsp3) is 0.290. The Morgan fingerprint density at radius 3 is 2.35 bits per heavy atom. The van der Waals surface area contributed by atoms with E-state index < -0.39 is 35.8 Å². The van der Waals surface area contributed by atoms with Gasteiger partial charge in [0.1, 0.15) is 12.4 Å². The minimum absolute atomic E-state index is 0.00738. The fourth-order valence-corrected chi connectivity index (χ4v) is 5.28. The molecule has 0 radical (unpaired) electrons. The van der Waals surface area contributed by atoms with Gasteiger partial charge < -0.3 is 24.2 Å². The molecule has 2 aromatic heterocycles. The summed E-state index contributed by atoms with van der Waals surface area (Å²) in [5.74, 6) is -1.38. The molecule has 15 heteroatoms. The van der Waals surface area contributed by atoms with Gasteiger partial charge >= 0.3 is 18.4 Å². The number of carbonyl (C=O) groups excluding carboxylic acids is 1. The third kappa shape index (κ3) is 7.03. The zero-order valence-corrected chi connectivity index (χ0v) is 24.2. The number of rotatable bonds is 8. The second-order valence-corrected chi connectivity index (χ2v) is 10.3. The highest BCUT2D eigenvalue weighted by Gasteiger charge is 2.41. The molecule has 0 saturated carbocycles. The lowest BCUT2D eigenvalue weighted by Crippen LogP contribution is -2.37. The first-order valence-electron chi connectivity index (χ1n) is 14.0. The molecule has 1 aliphatic rings. The minimum Gasteiger partial charge on any atom is -0.488 e. The molecule has 2 aromatic carbocycles. The molecule has 0 unspecified atom stereocenters. The van der Waals surface area contributed by atoms with Crippen LogP contribution in [0.2, 0.25) is 0 Å². The van der Waals surface area contributed by atoms with E-state index in [1.165, 1.54) is 43.5 Å². The summed E-state index contributed by atoms with van der Waals surface area (Å²) < 4.78 is 85.1. The summed E-state index contributed by atoms with van der Waals surface area (Å²) in [6.45, 7) is 1.05. The van der Waals surface area contributed by atoms with Crippen LogP contribution in [0, 0.1) is 0 Å². The van der Waals surface area contributed by atoms with E-state index in [9.17, 15) is 31.5 Å². The Kier molecular flexibility index (Phi) is 9.39. The molecule has 242 valence electrons. The van der Waals surface area contributed by atoms with Crippen LogP contribution in [0.25, 0.3) is 17.1 Å². The average Bonchev–Trinajstić information content (AvgIpc) is 3.47. The van der Waals surface area contributed by atoms with E-state index in [1.54, 1.807) is 4.90 Å². The standard InChI is InChI=1S/C31H27F5N4O6/c1-44-29(41)39-14-12-20(13-15-39)19-10-8-18(9-11-19)17-45-26-21(4-2-5-22(26)28(32)33)23-6-3-7-25(38-23)40-27(31(34,35)36)24(16-37-40)46-30(42)43/h2-11,16,20,28H,12-15,17H2,1H3,(H,42,43). The second-order valence-electron chi connectivity index (χ2n) is 10.3. The summed E-state index contributed by atoms with van der Waals surface area (Å²) in [6, 6.07) is 15.4. The van der Waals surface area contributed by atoms with Crippen molar-refractivity contribution < 1.29 is 50.9 Å². The van der Waals surface area contributed by atoms with Gasteiger partial charge in [0.05, 0.1) is 24.6 Å². The van der Waals surface area contributed by atoms with Crippen molar-refractivity contribution in [3.05, 3.63) is 89.2 Å². The molecule has 4 aromatic rings. The van der Waals surface area contributed by atoms with Gasteiger partial charge in [-0.3, -0.25) is 0 Å². The van der Waals surface area contributed by atoms with Crippen LogP contribution in [0.4, 0.5) is 31.5 Å². The van der Waals surface area contributed by atoms with Crippen LogP contribution < -0.4 is 9.47 Å². The monoisotopic (exact) mass is 646 g/mol. The lowest BCUT2D eigenvalue weighted by atomic mass is 9.89. The maximum atomic E-state index is 14.1. The Balaban J connectivity index is 1.39. The van der Waals surface area contributed by atoms with Crippen molar-refractivity contribution in [3.63, 3.8) is 0 Å². The van der Waals surface area contributed by atoms with Crippen molar-refractivity contribution in [2.75, 3.05) is 20.2 Å². The molecule has 1 aliphatic heterocycles. The van der Waals surface area contributed by atoms with E-state index >= 15 is 0 Å². The van der Waals surface area contributed by atoms with Crippen LogP contribution in [0.1, 0.15) is 47.6 Å². The smallest absolute Gasteiger partial charge is 0.488 e. The molecule has 1 saturated heterocycles. The van der Waals surface area contributed by atoms with E-state index in [4.69, 9.17) is 14.6 Å². The molecule has 0 spiro atoms. The van der Waals surface area contributed by atoms with Gasteiger partial charge in [-0.2, -0.15) is 18.3 Å². The van der Waals surface area contributed by atoms with Crippen molar-refractivity contribution in [2.45, 2.75) is 38.0 Å². The van der Waals surface area contributed by atoms with E-state index in [2.05, 4.69) is 14.8 Å². The number of carboxylic acid groups (broad SMARTS) is 1. The van der Waals surface area contributed by atoms with E-state index in [0.29, 0.717) is 29.5 Å². The maximum Gasteiger partial charge on any atom is 0.511 e. The van der Waals surface area contributed by atoms with Gasteiger partial charge in [0.2, 0.25) is 0 Å². The molecular formula is C31H27F5N4O6. The van der Waals surface area contributed by atoms with Crippen LogP contribution >= 0.6 is 0 Å². The van der Waals surface area contributed by atoms with E-state index in [-0.39, 0.29) is 41.4 Å². The van der Waals surface area contributed by atoms with E-state index in [1.807, 2.05) is 24.3 Å². The number of ether oxygens (including phenoxy) is 3. The van der Waals surface area contributed by atoms with Crippen LogP contribution in [0.3, 0.4) is 0 Å². The summed E-state index contributed by atoms with van der Waals surface area (Å²) in [6.07, 6.45) is -8.21. The number of amides is 1. The maximum absolute atomic E-state index is 14.1. The van der Waals surface area contributed by atoms with Crippen LogP contribution in [0.15, 0.2) is 66.9 Å². The Morgan fingerprint density at radius 2 is 1.72 bits per heavy atom. The third-order valence-electron chi connectivity index (χ3n) is 7.47. The van der Waals surface area contributed by atoms with Crippen molar-refractivity contribution in [2.24, 2.45) is 0 Å². The molecule has 1 N–H and O–H groups in total. The molecule has 0 bridgehead atoms. The number of nitrogens with zero attached hydrogens (tertiary/aromatic N) is 4. The third-order valence-corrected chi connectivity index (χ3v) is 7.47. The zero-order chi connectivity index (χ0) is 33.0. The molecule has 0 atom stereocenters. The van der Waals surface area contributed by atoms with E-state index in [0.717, 1.165) is 18.4 Å². The first-order chi connectivity index (χ1) is 22.0. The summed E-state index contributed by atoms with van der Waals surface area (Å²) in [7, 11) is 1.34. The molecule has 10 nitrogen and oxygen atoms in total. The summed E-state index contributed by atoms with van der Waals surface area (Å²) in [4.78, 5) is 28.5. The highest BCUT2D eigenvalue weighted by molar-refractivity contribution is 5.70. The van der Waals surface area contributed by atoms with Crippen molar-refractivity contribution in [3.8, 4) is 28.6 Å². The number of carbonyl (C=O) groups is 2. The lowest BCUT2D eigenvalue weighted by Gasteiger charge is -2.31. The van der Waals surface area contributed by atoms with Gasteiger partial charge in [-0.15, -0.1) is 0 Å². The summed E-state index contributed by atoms with van der Waals surface area (Å²) in [5.41, 5.74) is -0.105. The molecule has 1 fully saturated rings. The first-order valence-corrected chi connectivity index (χ1v) is 14.0. The highest BCUT2D eigenvalue weighted by Crippen LogP contribution is 2.40. The van der Waals surface area contributed by atoms with Gasteiger partial charge in [0, 0.05) is 18.7 Å². The summed E-state index contributed by atoms with van der Waals surface area (Å²) in [5, 5.41) is 12.4. The molecule has 3 heterocycles. The number of aromatic nitrogens is 3. The number of hydrogen-bond donors (Lipinski definition) is 1. The Morgan fingerprint density at radius 1 is 1.02 bits per heavy atom. The van der Waals surface area contributed by atoms with Crippen molar-refractivity contribution >= 4 is 12.2 Å². The minimum atomic E-state index is -5.07. The average molecular weight is 647 g/mol. The lowest BCUT2D eigenvalue weighted by molar-refractivity contribution is -0.143. The van der Waals surface area contributed by atoms with Crippen LogP contribution in [-0.2, 0) is 17.5 Å². The van der Waals surface area contributed by atoms with Crippen LogP contribution in [0.5, 0.6) is 11.5 Å². The molecule has 5 rings (SSSR count). The number of piperidine rings is 1. The number of para-hydroxylation sites is 1. The number of benzene rings is 2. The Bertz CT molecular complexity index is 1700. The Hall–Kier alpha value is -5.21. The van der Waals surface area contributed by atoms with Gasteiger partial charge in [0.25, 0.3) is 6.43 Å². The predicted molar refractivity (Wildman–Crippen MR) is 152 cm³/mol. The van der Waals surface area contributed by atoms with Crippen molar-refractivity contribution in [1.29, 1.82) is 0 Å². The molecular weight excluding hydrogens is 619 g/mol. The number of alkyl halides is 5. The van der Waals surface area contributed by atoms with Crippen molar-refractivity contribution in [1.82, 2.24) is 19.7 Å². The highest BCUT2D eigenvalue weighted by atomic mass is 19.4. The molecule has 1 amide bonds. The number of hydrogen-bond acceptors (Lipinski definition) is 7. The second kappa shape index (κ2) is 13.4. The number of likely N-dealkylation sites (tertiary alicyclic amines) is 1. The normalized spacial score (nSPS) is 13.9. The topological polar surface area (TPSA) is 116 Å². The quantitative estimate of drug-likeness (QED) is 0.155. The Labute approximate surface area is 258 Å². The molecule has 0 aliphatic carbocycles. The fourth-order valence-electron chi connectivity index (χ4n) is 5.28.